The third-order valence-electron chi connectivity index (χ3n) is 2.34. The summed E-state index contributed by atoms with van der Waals surface area (Å²) in [7, 11) is 0. The zero-order valence-corrected chi connectivity index (χ0v) is 10.1. The van der Waals surface area contributed by atoms with E-state index in [1.54, 1.807) is 0 Å². The highest BCUT2D eigenvalue weighted by atomic mass is 35.5. The van der Waals surface area contributed by atoms with E-state index in [2.05, 4.69) is 10.3 Å². The fraction of sp³-hybridized carbons (Fsp3) is 0.0833. The number of halogens is 1. The summed E-state index contributed by atoms with van der Waals surface area (Å²) >= 11 is 5.73. The van der Waals surface area contributed by atoms with Gasteiger partial charge >= 0.3 is 5.69 Å². The summed E-state index contributed by atoms with van der Waals surface area (Å²) < 4.78 is 0. The Morgan fingerprint density at radius 1 is 1.22 bits per heavy atom. The summed E-state index contributed by atoms with van der Waals surface area (Å²) in [6.07, 6.45) is 0. The quantitative estimate of drug-likeness (QED) is 0.522. The Kier molecular flexibility index (Phi) is 3.74. The first kappa shape index (κ1) is 12.3. The topological polar surface area (TPSA) is 68.1 Å². The molecule has 0 amide bonds. The lowest BCUT2D eigenvalue weighted by atomic mass is 10.2. The van der Waals surface area contributed by atoms with Crippen molar-refractivity contribution in [1.29, 1.82) is 0 Å². The first-order valence-electron chi connectivity index (χ1n) is 5.25. The molecule has 0 atom stereocenters. The fourth-order valence-corrected chi connectivity index (χ4v) is 1.63. The Balaban J connectivity index is 2.18. The minimum absolute atomic E-state index is 0.0877. The summed E-state index contributed by atoms with van der Waals surface area (Å²) in [5.74, 6) is 0.177. The molecule has 1 aromatic carbocycles. The van der Waals surface area contributed by atoms with Crippen molar-refractivity contribution in [2.75, 3.05) is 5.32 Å². The molecule has 0 unspecified atom stereocenters. The average Bonchev–Trinajstić information content (AvgIpc) is 2.37. The van der Waals surface area contributed by atoms with Gasteiger partial charge in [0.05, 0.1) is 4.92 Å². The first-order valence-corrected chi connectivity index (χ1v) is 5.63. The molecule has 0 aliphatic carbocycles. The minimum atomic E-state index is -0.489. The van der Waals surface area contributed by atoms with Gasteiger partial charge in [0.1, 0.15) is 5.15 Å². The third kappa shape index (κ3) is 2.95. The molecule has 0 radical (unpaired) electrons. The molecule has 0 saturated carbocycles. The molecule has 0 fully saturated rings. The van der Waals surface area contributed by atoms with E-state index in [0.717, 1.165) is 5.56 Å². The predicted molar refractivity (Wildman–Crippen MR) is 69.7 cm³/mol. The summed E-state index contributed by atoms with van der Waals surface area (Å²) in [5.41, 5.74) is 0.920. The fourth-order valence-electron chi connectivity index (χ4n) is 1.49. The maximum atomic E-state index is 10.8. The van der Waals surface area contributed by atoms with Gasteiger partial charge in [-0.2, -0.15) is 0 Å². The highest BCUT2D eigenvalue weighted by Crippen LogP contribution is 2.24. The van der Waals surface area contributed by atoms with E-state index in [1.807, 2.05) is 30.3 Å². The molecule has 5 nitrogen and oxygen atoms in total. The van der Waals surface area contributed by atoms with E-state index in [-0.39, 0.29) is 16.7 Å². The van der Waals surface area contributed by atoms with Crippen LogP contribution in [0.25, 0.3) is 0 Å². The number of pyridine rings is 1. The molecule has 0 saturated heterocycles. The maximum absolute atomic E-state index is 10.8. The van der Waals surface area contributed by atoms with E-state index >= 15 is 0 Å². The number of hydrogen-bond donors (Lipinski definition) is 1. The second-order valence-corrected chi connectivity index (χ2v) is 3.99. The van der Waals surface area contributed by atoms with Gasteiger partial charge < -0.3 is 5.32 Å². The molecular weight excluding hydrogens is 254 g/mol. The summed E-state index contributed by atoms with van der Waals surface area (Å²) in [6.45, 7) is 0.453. The van der Waals surface area contributed by atoms with Crippen molar-refractivity contribution >= 4 is 23.1 Å². The Hall–Kier alpha value is -2.14. The number of nitro groups is 1. The van der Waals surface area contributed by atoms with E-state index in [0.29, 0.717) is 6.54 Å². The van der Waals surface area contributed by atoms with Crippen LogP contribution in [0.2, 0.25) is 5.15 Å². The van der Waals surface area contributed by atoms with Gasteiger partial charge in [0.25, 0.3) is 0 Å². The molecule has 0 spiro atoms. The molecule has 0 aliphatic heterocycles. The smallest absolute Gasteiger partial charge is 0.311 e. The monoisotopic (exact) mass is 263 g/mol. The minimum Gasteiger partial charge on any atom is -0.360 e. The standard InChI is InChI=1S/C12H10ClN3O2/c13-11-7-6-10(16(17)18)12(15-11)14-8-9-4-2-1-3-5-9/h1-7H,8H2,(H,14,15). The number of rotatable bonds is 4. The molecule has 2 aromatic rings. The highest BCUT2D eigenvalue weighted by molar-refractivity contribution is 6.29. The number of benzene rings is 1. The lowest BCUT2D eigenvalue weighted by Crippen LogP contribution is -2.04. The maximum Gasteiger partial charge on any atom is 0.311 e. The molecule has 1 heterocycles. The Morgan fingerprint density at radius 3 is 2.61 bits per heavy atom. The first-order chi connectivity index (χ1) is 8.66. The SMILES string of the molecule is O=[N+]([O-])c1ccc(Cl)nc1NCc1ccccc1. The van der Waals surface area contributed by atoms with Crippen LogP contribution < -0.4 is 5.32 Å². The lowest BCUT2D eigenvalue weighted by molar-refractivity contribution is -0.384. The largest absolute Gasteiger partial charge is 0.360 e. The van der Waals surface area contributed by atoms with Gasteiger partial charge in [0, 0.05) is 12.6 Å². The number of nitrogens with one attached hydrogen (secondary N) is 1. The van der Waals surface area contributed by atoms with Crippen LogP contribution in [0.15, 0.2) is 42.5 Å². The zero-order valence-electron chi connectivity index (χ0n) is 9.34. The molecule has 1 aromatic heterocycles. The average molecular weight is 264 g/mol. The van der Waals surface area contributed by atoms with Crippen molar-refractivity contribution in [3.8, 4) is 0 Å². The summed E-state index contributed by atoms with van der Waals surface area (Å²) in [4.78, 5) is 14.3. The summed E-state index contributed by atoms with van der Waals surface area (Å²) in [6, 6.07) is 12.3. The van der Waals surface area contributed by atoms with Gasteiger partial charge in [-0.15, -0.1) is 0 Å². The van der Waals surface area contributed by atoms with Crippen molar-refractivity contribution in [3.63, 3.8) is 0 Å². The van der Waals surface area contributed by atoms with Crippen LogP contribution in [0.1, 0.15) is 5.56 Å². The number of anilines is 1. The van der Waals surface area contributed by atoms with Crippen LogP contribution in [-0.4, -0.2) is 9.91 Å². The second kappa shape index (κ2) is 5.46. The van der Waals surface area contributed by atoms with Gasteiger partial charge in [-0.25, -0.2) is 4.98 Å². The van der Waals surface area contributed by atoms with Crippen molar-refractivity contribution in [1.82, 2.24) is 4.98 Å². The van der Waals surface area contributed by atoms with Crippen molar-refractivity contribution in [3.05, 3.63) is 63.3 Å². The van der Waals surface area contributed by atoms with E-state index in [9.17, 15) is 10.1 Å². The number of nitrogens with zero attached hydrogens (tertiary/aromatic N) is 2. The van der Waals surface area contributed by atoms with Crippen molar-refractivity contribution in [2.45, 2.75) is 6.54 Å². The molecule has 18 heavy (non-hydrogen) atoms. The number of hydrogen-bond acceptors (Lipinski definition) is 4. The van der Waals surface area contributed by atoms with Crippen LogP contribution in [0.4, 0.5) is 11.5 Å². The molecular formula is C12H10ClN3O2. The van der Waals surface area contributed by atoms with Crippen LogP contribution in [0, 0.1) is 10.1 Å². The van der Waals surface area contributed by atoms with Crippen LogP contribution in [0.3, 0.4) is 0 Å². The lowest BCUT2D eigenvalue weighted by Gasteiger charge is -2.06. The predicted octanol–water partition coefficient (Wildman–Crippen LogP) is 3.26. The second-order valence-electron chi connectivity index (χ2n) is 3.60. The molecule has 92 valence electrons. The molecule has 0 aliphatic rings. The number of aromatic nitrogens is 1. The Bertz CT molecular complexity index is 561. The molecule has 2 rings (SSSR count). The summed E-state index contributed by atoms with van der Waals surface area (Å²) in [5, 5.41) is 14.0. The molecule has 6 heteroatoms. The van der Waals surface area contributed by atoms with Crippen LogP contribution in [-0.2, 0) is 6.54 Å². The molecule has 1 N–H and O–H groups in total. The van der Waals surface area contributed by atoms with Crippen molar-refractivity contribution < 1.29 is 4.92 Å². The van der Waals surface area contributed by atoms with Gasteiger partial charge in [-0.3, -0.25) is 10.1 Å². The third-order valence-corrected chi connectivity index (χ3v) is 2.55. The van der Waals surface area contributed by atoms with Gasteiger partial charge in [0.15, 0.2) is 0 Å². The van der Waals surface area contributed by atoms with Gasteiger partial charge in [0.2, 0.25) is 5.82 Å². The zero-order chi connectivity index (χ0) is 13.0. The van der Waals surface area contributed by atoms with Crippen molar-refractivity contribution in [2.24, 2.45) is 0 Å². The normalized spacial score (nSPS) is 10.1. The van der Waals surface area contributed by atoms with E-state index < -0.39 is 4.92 Å². The van der Waals surface area contributed by atoms with E-state index in [1.165, 1.54) is 12.1 Å². The van der Waals surface area contributed by atoms with E-state index in [4.69, 9.17) is 11.6 Å². The Morgan fingerprint density at radius 2 is 1.94 bits per heavy atom. The van der Waals surface area contributed by atoms with Crippen LogP contribution >= 0.6 is 11.6 Å². The van der Waals surface area contributed by atoms with Gasteiger partial charge in [-0.1, -0.05) is 41.9 Å². The Labute approximate surface area is 109 Å². The van der Waals surface area contributed by atoms with Gasteiger partial charge in [-0.05, 0) is 11.6 Å². The highest BCUT2D eigenvalue weighted by Gasteiger charge is 2.15. The molecule has 0 bridgehead atoms. The van der Waals surface area contributed by atoms with Crippen LogP contribution in [0.5, 0.6) is 0 Å².